The minimum atomic E-state index is -5.77. The monoisotopic (exact) mass is 808 g/mol. The molecule has 0 fully saturated rings. The summed E-state index contributed by atoms with van der Waals surface area (Å²) in [6.07, 6.45) is -11.5. The summed E-state index contributed by atoms with van der Waals surface area (Å²) in [6.45, 7) is 0. The van der Waals surface area contributed by atoms with Crippen molar-refractivity contribution in [2.45, 2.75) is 17.8 Å². The molecule has 0 radical (unpaired) electrons. The molecule has 0 spiro atoms. The molecule has 8 nitrogen and oxygen atoms in total. The topological polar surface area (TPSA) is 127 Å². The second-order valence-corrected chi connectivity index (χ2v) is 13.2. The van der Waals surface area contributed by atoms with Crippen molar-refractivity contribution in [1.82, 2.24) is 0 Å². The summed E-state index contributed by atoms with van der Waals surface area (Å²) in [5.74, 6) is 2.75. The smallest absolute Gasteiger partial charge is 0.411 e. The number of rotatable bonds is 12. The van der Waals surface area contributed by atoms with E-state index in [9.17, 15) is 26.3 Å². The predicted molar refractivity (Wildman–Crippen MR) is 215 cm³/mol. The quantitative estimate of drug-likeness (QED) is 0.0710. The zero-order valence-electron chi connectivity index (χ0n) is 30.7. The van der Waals surface area contributed by atoms with Crippen LogP contribution in [0.1, 0.15) is 11.1 Å². The highest BCUT2D eigenvalue weighted by Crippen LogP contribution is 2.56. The van der Waals surface area contributed by atoms with Gasteiger partial charge in [0.05, 0.1) is 11.4 Å². The van der Waals surface area contributed by atoms with Gasteiger partial charge in [-0.25, -0.2) is 0 Å². The van der Waals surface area contributed by atoms with Gasteiger partial charge in [-0.1, -0.05) is 36.4 Å². The van der Waals surface area contributed by atoms with Crippen LogP contribution in [0.4, 0.5) is 54.8 Å². The zero-order chi connectivity index (χ0) is 41.8. The molecule has 0 heterocycles. The Morgan fingerprint density at radius 3 is 1.22 bits per heavy atom. The average Bonchev–Trinajstić information content (AvgIpc) is 3.18. The van der Waals surface area contributed by atoms with Crippen molar-refractivity contribution in [2.24, 2.45) is 0 Å². The number of alkyl halides is 6. The first-order chi connectivity index (χ1) is 28.2. The number of hydrogen-bond donors (Lipinski definition) is 4. The first kappa shape index (κ1) is 39.7. The van der Waals surface area contributed by atoms with E-state index in [0.717, 1.165) is 48.5 Å². The molecule has 7 rings (SSSR count). The summed E-state index contributed by atoms with van der Waals surface area (Å²) < 4.78 is 112. The maximum atomic E-state index is 14.8. The Morgan fingerprint density at radius 1 is 0.373 bits per heavy atom. The lowest BCUT2D eigenvalue weighted by molar-refractivity contribution is -0.288. The first-order valence-electron chi connectivity index (χ1n) is 17.8. The molecule has 300 valence electrons. The van der Waals surface area contributed by atoms with Crippen LogP contribution in [0, 0.1) is 0 Å². The molecule has 0 aliphatic heterocycles. The van der Waals surface area contributed by atoms with E-state index in [0.29, 0.717) is 57.2 Å². The molecule has 7 aromatic rings. The lowest BCUT2D eigenvalue weighted by Gasteiger charge is -2.38. The molecule has 0 unspecified atom stereocenters. The maximum absolute atomic E-state index is 14.8. The van der Waals surface area contributed by atoms with Crippen LogP contribution in [0.15, 0.2) is 164 Å². The lowest BCUT2D eigenvalue weighted by atomic mass is 9.73. The number of halogens is 6. The normalized spacial score (nSPS) is 11.8. The third-order valence-corrected chi connectivity index (χ3v) is 9.07. The van der Waals surface area contributed by atoms with Gasteiger partial charge in [0.25, 0.3) is 0 Å². The molecule has 7 N–H and O–H groups in total. The average molecular weight is 809 g/mol. The lowest BCUT2D eigenvalue weighted by Crippen LogP contribution is -2.54. The maximum Gasteiger partial charge on any atom is 0.411 e. The molecule has 7 aromatic carbocycles. The van der Waals surface area contributed by atoms with E-state index < -0.39 is 28.9 Å². The summed E-state index contributed by atoms with van der Waals surface area (Å²) in [5.41, 5.74) is 14.0. The van der Waals surface area contributed by atoms with Crippen molar-refractivity contribution in [3.05, 3.63) is 175 Å². The Kier molecular flexibility index (Phi) is 10.9. The first-order valence-corrected chi connectivity index (χ1v) is 17.8. The molecule has 0 amide bonds. The molecule has 14 heteroatoms. The molecular formula is C45H34F6N4O4. The van der Waals surface area contributed by atoms with Crippen LogP contribution >= 0.6 is 0 Å². The fourth-order valence-corrected chi connectivity index (χ4v) is 6.27. The SMILES string of the molecule is Nc1ccc(Oc2ccc(C(c3ccc(Oc4ccc(Nc5ccc(Oc6cccc(Oc7cccc(N)c7)c6)cc5N)cc4)cc3)(C(F)(F)F)C(F)(F)F)cc2)cc1. The van der Waals surface area contributed by atoms with Gasteiger partial charge in [-0.3, -0.25) is 0 Å². The van der Waals surface area contributed by atoms with Crippen LogP contribution in [0.5, 0.6) is 46.0 Å². The van der Waals surface area contributed by atoms with Crippen molar-refractivity contribution in [3.8, 4) is 46.0 Å². The Hall–Kier alpha value is -7.48. The van der Waals surface area contributed by atoms with Crippen LogP contribution in [0.3, 0.4) is 0 Å². The minimum absolute atomic E-state index is 0.0154. The van der Waals surface area contributed by atoms with Gasteiger partial charge in [0.15, 0.2) is 0 Å². The fourth-order valence-electron chi connectivity index (χ4n) is 6.27. The molecule has 0 aliphatic rings. The minimum Gasteiger partial charge on any atom is -0.457 e. The van der Waals surface area contributed by atoms with Crippen molar-refractivity contribution in [2.75, 3.05) is 22.5 Å². The van der Waals surface area contributed by atoms with Gasteiger partial charge in [0.1, 0.15) is 46.0 Å². The van der Waals surface area contributed by atoms with Gasteiger partial charge in [-0.05, 0) is 120 Å². The van der Waals surface area contributed by atoms with E-state index in [1.165, 1.54) is 12.1 Å². The Morgan fingerprint density at radius 2 is 0.763 bits per heavy atom. The largest absolute Gasteiger partial charge is 0.457 e. The van der Waals surface area contributed by atoms with Crippen molar-refractivity contribution >= 4 is 28.4 Å². The number of anilines is 5. The third-order valence-electron chi connectivity index (χ3n) is 9.07. The number of ether oxygens (including phenoxy) is 4. The molecular weight excluding hydrogens is 775 g/mol. The van der Waals surface area contributed by atoms with Crippen molar-refractivity contribution in [1.29, 1.82) is 0 Å². The van der Waals surface area contributed by atoms with Gasteiger partial charge in [-0.2, -0.15) is 26.3 Å². The molecule has 0 bridgehead atoms. The van der Waals surface area contributed by atoms with Crippen molar-refractivity contribution in [3.63, 3.8) is 0 Å². The molecule has 59 heavy (non-hydrogen) atoms. The summed E-state index contributed by atoms with van der Waals surface area (Å²) in [4.78, 5) is 0. The second-order valence-electron chi connectivity index (χ2n) is 13.2. The van der Waals surface area contributed by atoms with E-state index in [-0.39, 0.29) is 17.2 Å². The van der Waals surface area contributed by atoms with Gasteiger partial charge in [0.2, 0.25) is 5.41 Å². The van der Waals surface area contributed by atoms with Gasteiger partial charge < -0.3 is 41.5 Å². The van der Waals surface area contributed by atoms with Gasteiger partial charge >= 0.3 is 12.4 Å². The van der Waals surface area contributed by atoms with E-state index in [1.54, 1.807) is 103 Å². The van der Waals surface area contributed by atoms with Gasteiger partial charge in [-0.15, -0.1) is 0 Å². The van der Waals surface area contributed by atoms with Crippen LogP contribution < -0.4 is 41.5 Å². The molecule has 0 saturated heterocycles. The summed E-state index contributed by atoms with van der Waals surface area (Å²) >= 11 is 0. The van der Waals surface area contributed by atoms with Crippen LogP contribution in [0.2, 0.25) is 0 Å². The Bertz CT molecular complexity index is 2520. The standard InChI is InChI=1S/C45H34F6N4O4/c46-44(47,48)43(45(49,50)51,28-7-15-33(16-8-28)56-35-19-11-30(52)12-20-35)29-9-17-34(18-10-29)57-36-21-13-32(14-22-36)55-42-24-23-40(27-41(42)54)59-39-6-2-5-38(26-39)58-37-4-1-3-31(53)25-37/h1-27,55H,52-54H2. The van der Waals surface area contributed by atoms with Crippen LogP contribution in [0.25, 0.3) is 0 Å². The number of nitrogen functional groups attached to an aromatic ring is 3. The van der Waals surface area contributed by atoms with Crippen molar-refractivity contribution < 1.29 is 45.3 Å². The Balaban J connectivity index is 1.01. The summed E-state index contributed by atoms with van der Waals surface area (Å²) in [6, 6.07) is 39.0. The molecule has 0 atom stereocenters. The molecule has 0 saturated carbocycles. The highest BCUT2D eigenvalue weighted by atomic mass is 19.4. The number of nitrogens with one attached hydrogen (secondary N) is 1. The zero-order valence-corrected chi connectivity index (χ0v) is 30.7. The number of benzene rings is 7. The van der Waals surface area contributed by atoms with E-state index in [1.807, 2.05) is 0 Å². The van der Waals surface area contributed by atoms with E-state index in [2.05, 4.69) is 5.32 Å². The number of nitrogens with two attached hydrogens (primary N) is 3. The third kappa shape index (κ3) is 8.91. The van der Waals surface area contributed by atoms with E-state index in [4.69, 9.17) is 36.1 Å². The molecule has 0 aliphatic carbocycles. The van der Waals surface area contributed by atoms with Crippen LogP contribution in [-0.4, -0.2) is 12.4 Å². The summed E-state index contributed by atoms with van der Waals surface area (Å²) in [7, 11) is 0. The second kappa shape index (κ2) is 16.2. The highest BCUT2D eigenvalue weighted by molar-refractivity contribution is 5.74. The predicted octanol–water partition coefficient (Wildman–Crippen LogP) is 12.8. The Labute approximate surface area is 334 Å². The fraction of sp³-hybridized carbons (Fsp3) is 0.0667. The number of hydrogen-bond acceptors (Lipinski definition) is 8. The van der Waals surface area contributed by atoms with E-state index >= 15 is 0 Å². The van der Waals surface area contributed by atoms with Gasteiger partial charge in [0, 0.05) is 35.3 Å². The molecule has 0 aromatic heterocycles. The highest BCUT2D eigenvalue weighted by Gasteiger charge is 2.72. The van der Waals surface area contributed by atoms with Crippen LogP contribution in [-0.2, 0) is 5.41 Å². The summed E-state index contributed by atoms with van der Waals surface area (Å²) in [5, 5.41) is 3.19.